The average Bonchev–Trinajstić information content (AvgIpc) is 2.71. The van der Waals surface area contributed by atoms with Gasteiger partial charge in [0.05, 0.1) is 11.0 Å². The summed E-state index contributed by atoms with van der Waals surface area (Å²) in [5, 5.41) is 0. The second-order valence-electron chi connectivity index (χ2n) is 5.85. The van der Waals surface area contributed by atoms with Crippen molar-refractivity contribution in [1.29, 1.82) is 0 Å². The van der Waals surface area contributed by atoms with Crippen LogP contribution < -0.4 is 5.73 Å². The molecule has 1 aromatic heterocycles. The average molecular weight is 243 g/mol. The van der Waals surface area contributed by atoms with Crippen LogP contribution in [0.5, 0.6) is 0 Å². The van der Waals surface area contributed by atoms with Gasteiger partial charge < -0.3 is 10.7 Å². The molecule has 0 spiro atoms. The van der Waals surface area contributed by atoms with E-state index in [0.717, 1.165) is 23.4 Å². The molecule has 1 fully saturated rings. The molecule has 0 saturated heterocycles. The highest BCUT2D eigenvalue weighted by Crippen LogP contribution is 2.43. The van der Waals surface area contributed by atoms with E-state index >= 15 is 0 Å². The Morgan fingerprint density at radius 2 is 2.17 bits per heavy atom. The van der Waals surface area contributed by atoms with Crippen LogP contribution in [0.4, 0.5) is 0 Å². The summed E-state index contributed by atoms with van der Waals surface area (Å²) in [6, 6.07) is 6.59. The number of benzene rings is 1. The van der Waals surface area contributed by atoms with Crippen molar-refractivity contribution < 1.29 is 0 Å². The first-order valence-electron chi connectivity index (χ1n) is 6.85. The normalized spacial score (nSPS) is 18.2. The molecule has 2 aromatic rings. The number of nitrogens with one attached hydrogen (secondary N) is 1. The summed E-state index contributed by atoms with van der Waals surface area (Å²) in [4.78, 5) is 8.05. The molecule has 96 valence electrons. The van der Waals surface area contributed by atoms with Crippen LogP contribution in [0.15, 0.2) is 18.2 Å². The van der Waals surface area contributed by atoms with Crippen LogP contribution in [0.1, 0.15) is 50.4 Å². The van der Waals surface area contributed by atoms with Crippen molar-refractivity contribution in [1.82, 2.24) is 9.97 Å². The van der Waals surface area contributed by atoms with E-state index in [2.05, 4.69) is 42.0 Å². The van der Waals surface area contributed by atoms with Gasteiger partial charge in [-0.2, -0.15) is 0 Å². The SMILES string of the molecule is CC(C)c1nc2ccc(C3(CN)CCC3)cc2[nH]1. The Hall–Kier alpha value is -1.35. The van der Waals surface area contributed by atoms with Gasteiger partial charge in [-0.1, -0.05) is 26.3 Å². The minimum absolute atomic E-state index is 0.233. The highest BCUT2D eigenvalue weighted by atomic mass is 14.9. The van der Waals surface area contributed by atoms with Gasteiger partial charge in [0.2, 0.25) is 0 Å². The van der Waals surface area contributed by atoms with Crippen LogP contribution in [-0.4, -0.2) is 16.5 Å². The first kappa shape index (κ1) is 11.7. The molecule has 0 radical (unpaired) electrons. The molecule has 3 nitrogen and oxygen atoms in total. The van der Waals surface area contributed by atoms with E-state index in [4.69, 9.17) is 5.73 Å². The van der Waals surface area contributed by atoms with Crippen LogP contribution in [0.2, 0.25) is 0 Å². The number of H-pyrrole nitrogens is 1. The fraction of sp³-hybridized carbons (Fsp3) is 0.533. The summed E-state index contributed by atoms with van der Waals surface area (Å²) in [7, 11) is 0. The zero-order valence-electron chi connectivity index (χ0n) is 11.2. The van der Waals surface area contributed by atoms with Crippen molar-refractivity contribution in [2.45, 2.75) is 44.4 Å². The standard InChI is InChI=1S/C15H21N3/c1-10(2)14-17-12-5-4-11(8-13(12)18-14)15(9-16)6-3-7-15/h4-5,8,10H,3,6-7,9,16H2,1-2H3,(H,17,18). The largest absolute Gasteiger partial charge is 0.342 e. The Kier molecular flexibility index (Phi) is 2.67. The van der Waals surface area contributed by atoms with Gasteiger partial charge in [-0.3, -0.25) is 0 Å². The van der Waals surface area contributed by atoms with E-state index < -0.39 is 0 Å². The van der Waals surface area contributed by atoms with E-state index in [0.29, 0.717) is 5.92 Å². The van der Waals surface area contributed by atoms with Crippen molar-refractivity contribution in [3.63, 3.8) is 0 Å². The fourth-order valence-corrected chi connectivity index (χ4v) is 2.85. The highest BCUT2D eigenvalue weighted by Gasteiger charge is 2.37. The van der Waals surface area contributed by atoms with Crippen molar-refractivity contribution in [2.75, 3.05) is 6.54 Å². The van der Waals surface area contributed by atoms with E-state index in [9.17, 15) is 0 Å². The van der Waals surface area contributed by atoms with Crippen molar-refractivity contribution in [3.8, 4) is 0 Å². The molecular weight excluding hydrogens is 222 g/mol. The number of aromatic nitrogens is 2. The molecule has 3 N–H and O–H groups in total. The number of fused-ring (bicyclic) bond motifs is 1. The Labute approximate surface area is 108 Å². The Balaban J connectivity index is 2.05. The summed E-state index contributed by atoms with van der Waals surface area (Å²) in [5.74, 6) is 1.51. The van der Waals surface area contributed by atoms with Gasteiger partial charge in [0, 0.05) is 17.9 Å². The maximum Gasteiger partial charge on any atom is 0.109 e. The van der Waals surface area contributed by atoms with E-state index in [-0.39, 0.29) is 5.41 Å². The van der Waals surface area contributed by atoms with Crippen LogP contribution in [0.3, 0.4) is 0 Å². The Morgan fingerprint density at radius 1 is 1.39 bits per heavy atom. The fourth-order valence-electron chi connectivity index (χ4n) is 2.85. The number of nitrogens with zero attached hydrogens (tertiary/aromatic N) is 1. The highest BCUT2D eigenvalue weighted by molar-refractivity contribution is 5.76. The van der Waals surface area contributed by atoms with Crippen LogP contribution in [0.25, 0.3) is 11.0 Å². The Bertz CT molecular complexity index is 559. The van der Waals surface area contributed by atoms with Crippen LogP contribution >= 0.6 is 0 Å². The first-order chi connectivity index (χ1) is 8.64. The number of rotatable bonds is 3. The second-order valence-corrected chi connectivity index (χ2v) is 5.85. The van der Waals surface area contributed by atoms with Gasteiger partial charge in [-0.15, -0.1) is 0 Å². The molecule has 1 saturated carbocycles. The van der Waals surface area contributed by atoms with Crippen LogP contribution in [-0.2, 0) is 5.41 Å². The minimum atomic E-state index is 0.233. The topological polar surface area (TPSA) is 54.7 Å². The molecular formula is C15H21N3. The molecule has 3 heteroatoms. The number of hydrogen-bond donors (Lipinski definition) is 2. The predicted molar refractivity (Wildman–Crippen MR) is 74.8 cm³/mol. The van der Waals surface area contributed by atoms with Crippen LogP contribution in [0, 0.1) is 0 Å². The molecule has 1 aromatic carbocycles. The molecule has 1 heterocycles. The minimum Gasteiger partial charge on any atom is -0.342 e. The second kappa shape index (κ2) is 4.09. The van der Waals surface area contributed by atoms with E-state index in [1.165, 1.54) is 24.8 Å². The Morgan fingerprint density at radius 3 is 2.72 bits per heavy atom. The van der Waals surface area contributed by atoms with Gasteiger partial charge >= 0.3 is 0 Å². The summed E-state index contributed by atoms with van der Waals surface area (Å²) < 4.78 is 0. The van der Waals surface area contributed by atoms with E-state index in [1.54, 1.807) is 0 Å². The molecule has 0 unspecified atom stereocenters. The summed E-state index contributed by atoms with van der Waals surface area (Å²) in [6.07, 6.45) is 3.75. The molecule has 1 aliphatic carbocycles. The summed E-state index contributed by atoms with van der Waals surface area (Å²) in [5.41, 5.74) is 9.80. The lowest BCUT2D eigenvalue weighted by Crippen LogP contribution is -2.41. The third-order valence-electron chi connectivity index (χ3n) is 4.36. The van der Waals surface area contributed by atoms with Crippen molar-refractivity contribution >= 4 is 11.0 Å². The van der Waals surface area contributed by atoms with Gasteiger partial charge in [0.1, 0.15) is 5.82 Å². The van der Waals surface area contributed by atoms with Gasteiger partial charge in [0.15, 0.2) is 0 Å². The first-order valence-corrected chi connectivity index (χ1v) is 6.85. The third-order valence-corrected chi connectivity index (χ3v) is 4.36. The monoisotopic (exact) mass is 243 g/mol. The molecule has 0 atom stereocenters. The lowest BCUT2D eigenvalue weighted by atomic mass is 9.64. The smallest absolute Gasteiger partial charge is 0.109 e. The lowest BCUT2D eigenvalue weighted by Gasteiger charge is -2.41. The molecule has 3 rings (SSSR count). The number of imidazole rings is 1. The maximum absolute atomic E-state index is 5.97. The van der Waals surface area contributed by atoms with Gasteiger partial charge in [-0.25, -0.2) is 4.98 Å². The molecule has 18 heavy (non-hydrogen) atoms. The summed E-state index contributed by atoms with van der Waals surface area (Å²) in [6.45, 7) is 5.07. The maximum atomic E-state index is 5.97. The zero-order valence-corrected chi connectivity index (χ0v) is 11.2. The number of aromatic amines is 1. The van der Waals surface area contributed by atoms with E-state index in [1.807, 2.05) is 0 Å². The zero-order chi connectivity index (χ0) is 12.8. The number of nitrogens with two attached hydrogens (primary N) is 1. The number of hydrogen-bond acceptors (Lipinski definition) is 2. The molecule has 1 aliphatic rings. The predicted octanol–water partition coefficient (Wildman–Crippen LogP) is 3.07. The van der Waals surface area contributed by atoms with Crippen molar-refractivity contribution in [3.05, 3.63) is 29.6 Å². The molecule has 0 bridgehead atoms. The quantitative estimate of drug-likeness (QED) is 0.870. The molecule has 0 amide bonds. The van der Waals surface area contributed by atoms with Gasteiger partial charge in [-0.05, 0) is 30.5 Å². The molecule has 0 aliphatic heterocycles. The summed E-state index contributed by atoms with van der Waals surface area (Å²) >= 11 is 0. The lowest BCUT2D eigenvalue weighted by molar-refractivity contribution is 0.253. The van der Waals surface area contributed by atoms with Crippen molar-refractivity contribution in [2.24, 2.45) is 5.73 Å². The third kappa shape index (κ3) is 1.65. The van der Waals surface area contributed by atoms with Gasteiger partial charge in [0.25, 0.3) is 0 Å².